The summed E-state index contributed by atoms with van der Waals surface area (Å²) in [4.78, 5) is 0. The average molecular weight is 229 g/mol. The zero-order valence-electron chi connectivity index (χ0n) is 10.6. The van der Waals surface area contributed by atoms with Crippen LogP contribution >= 0.6 is 0 Å². The van der Waals surface area contributed by atoms with Crippen molar-refractivity contribution >= 4 is 0 Å². The summed E-state index contributed by atoms with van der Waals surface area (Å²) in [7, 11) is 1.92. The second-order valence-corrected chi connectivity index (χ2v) is 4.64. The van der Waals surface area contributed by atoms with Crippen LogP contribution in [0, 0.1) is 13.8 Å². The molecule has 0 aliphatic rings. The van der Waals surface area contributed by atoms with Gasteiger partial charge in [-0.15, -0.1) is 0 Å². The van der Waals surface area contributed by atoms with E-state index in [9.17, 15) is 0 Å². The van der Waals surface area contributed by atoms with Crippen molar-refractivity contribution in [2.75, 3.05) is 0 Å². The number of rotatable bonds is 3. The first-order valence-electron chi connectivity index (χ1n) is 5.87. The zero-order valence-corrected chi connectivity index (χ0v) is 10.6. The lowest BCUT2D eigenvalue weighted by Crippen LogP contribution is -2.15. The molecular formula is C14H19N3. The van der Waals surface area contributed by atoms with Crippen LogP contribution in [0.5, 0.6) is 0 Å². The highest BCUT2D eigenvalue weighted by Gasteiger charge is 2.12. The van der Waals surface area contributed by atoms with Gasteiger partial charge in [-0.1, -0.05) is 18.2 Å². The molecule has 3 nitrogen and oxygen atoms in total. The summed E-state index contributed by atoms with van der Waals surface area (Å²) in [5.74, 6) is 0. The lowest BCUT2D eigenvalue weighted by Gasteiger charge is -2.16. The molecule has 0 saturated heterocycles. The first kappa shape index (κ1) is 11.9. The molecule has 0 saturated carbocycles. The molecule has 1 aromatic heterocycles. The van der Waals surface area contributed by atoms with Gasteiger partial charge in [0.25, 0.3) is 0 Å². The van der Waals surface area contributed by atoms with Gasteiger partial charge in [-0.2, -0.15) is 5.10 Å². The molecule has 1 unspecified atom stereocenters. The molecule has 2 rings (SSSR count). The fourth-order valence-electron chi connectivity index (χ4n) is 2.35. The minimum Gasteiger partial charge on any atom is -0.324 e. The van der Waals surface area contributed by atoms with Crippen LogP contribution in [0.25, 0.3) is 0 Å². The van der Waals surface area contributed by atoms with Crippen molar-refractivity contribution in [3.05, 3.63) is 52.8 Å². The van der Waals surface area contributed by atoms with E-state index in [-0.39, 0.29) is 6.04 Å². The van der Waals surface area contributed by atoms with Crippen molar-refractivity contribution < 1.29 is 0 Å². The minimum absolute atomic E-state index is 0.0420. The van der Waals surface area contributed by atoms with Gasteiger partial charge in [0.1, 0.15) is 0 Å². The molecule has 0 spiro atoms. The Morgan fingerprint density at radius 1 is 1.29 bits per heavy atom. The maximum Gasteiger partial charge on any atom is 0.0522 e. The predicted octanol–water partition coefficient (Wildman–Crippen LogP) is 2.28. The van der Waals surface area contributed by atoms with E-state index in [0.29, 0.717) is 0 Å². The molecule has 17 heavy (non-hydrogen) atoms. The smallest absolute Gasteiger partial charge is 0.0522 e. The number of aryl methyl sites for hydroxylation is 3. The third-order valence-corrected chi connectivity index (χ3v) is 3.13. The largest absolute Gasteiger partial charge is 0.324 e. The van der Waals surface area contributed by atoms with E-state index in [2.05, 4.69) is 37.1 Å². The molecule has 0 fully saturated rings. The Balaban J connectivity index is 2.22. The van der Waals surface area contributed by atoms with Crippen LogP contribution in [-0.2, 0) is 13.5 Å². The van der Waals surface area contributed by atoms with Crippen LogP contribution in [0.3, 0.4) is 0 Å². The van der Waals surface area contributed by atoms with Crippen LogP contribution < -0.4 is 5.73 Å². The average Bonchev–Trinajstić information content (AvgIpc) is 2.63. The molecule has 1 heterocycles. The summed E-state index contributed by atoms with van der Waals surface area (Å²) < 4.78 is 1.81. The molecule has 1 atom stereocenters. The lowest BCUT2D eigenvalue weighted by atomic mass is 9.93. The summed E-state index contributed by atoms with van der Waals surface area (Å²) in [6.45, 7) is 4.23. The van der Waals surface area contributed by atoms with E-state index in [1.807, 2.05) is 24.1 Å². The number of aromatic nitrogens is 2. The normalized spacial score (nSPS) is 12.7. The van der Waals surface area contributed by atoms with Crippen molar-refractivity contribution in [3.63, 3.8) is 0 Å². The maximum absolute atomic E-state index is 6.30. The summed E-state index contributed by atoms with van der Waals surface area (Å²) >= 11 is 0. The second kappa shape index (κ2) is 4.72. The molecule has 2 aromatic rings. The number of nitrogens with two attached hydrogens (primary N) is 1. The topological polar surface area (TPSA) is 43.8 Å². The number of nitrogens with zero attached hydrogens (tertiary/aromatic N) is 2. The Morgan fingerprint density at radius 3 is 2.47 bits per heavy atom. The summed E-state index contributed by atoms with van der Waals surface area (Å²) in [5.41, 5.74) is 11.3. The van der Waals surface area contributed by atoms with Crippen molar-refractivity contribution in [2.45, 2.75) is 26.3 Å². The van der Waals surface area contributed by atoms with E-state index in [1.165, 1.54) is 22.3 Å². The molecule has 0 radical (unpaired) electrons. The van der Waals surface area contributed by atoms with Gasteiger partial charge in [-0.05, 0) is 42.5 Å². The van der Waals surface area contributed by atoms with Gasteiger partial charge >= 0.3 is 0 Å². The number of benzene rings is 1. The lowest BCUT2D eigenvalue weighted by molar-refractivity contribution is 0.709. The highest BCUT2D eigenvalue weighted by Crippen LogP contribution is 2.22. The first-order valence-corrected chi connectivity index (χ1v) is 5.87. The number of hydrogen-bond acceptors (Lipinski definition) is 2. The van der Waals surface area contributed by atoms with Crippen LogP contribution in [0.4, 0.5) is 0 Å². The van der Waals surface area contributed by atoms with Gasteiger partial charge in [-0.3, -0.25) is 4.68 Å². The van der Waals surface area contributed by atoms with Gasteiger partial charge in [0.15, 0.2) is 0 Å². The summed E-state index contributed by atoms with van der Waals surface area (Å²) in [6.07, 6.45) is 4.74. The van der Waals surface area contributed by atoms with E-state index in [1.54, 1.807) is 0 Å². The second-order valence-electron chi connectivity index (χ2n) is 4.64. The summed E-state index contributed by atoms with van der Waals surface area (Å²) in [5, 5.41) is 4.17. The van der Waals surface area contributed by atoms with E-state index >= 15 is 0 Å². The number of hydrogen-bond donors (Lipinski definition) is 1. The maximum atomic E-state index is 6.30. The molecule has 0 amide bonds. The quantitative estimate of drug-likeness (QED) is 0.877. The minimum atomic E-state index is 0.0420. The standard InChI is InChI=1S/C14H19N3/c1-10-5-4-6-11(2)14(10)13(15)7-12-8-16-17(3)9-12/h4-6,8-9,13H,7,15H2,1-3H3. The van der Waals surface area contributed by atoms with Crippen LogP contribution in [0.2, 0.25) is 0 Å². The Bertz CT molecular complexity index is 494. The van der Waals surface area contributed by atoms with Crippen LogP contribution in [0.1, 0.15) is 28.3 Å². The summed E-state index contributed by atoms with van der Waals surface area (Å²) in [6, 6.07) is 6.35. The van der Waals surface area contributed by atoms with Gasteiger partial charge in [0.2, 0.25) is 0 Å². The van der Waals surface area contributed by atoms with Crippen LogP contribution in [0.15, 0.2) is 30.6 Å². The first-order chi connectivity index (χ1) is 8.08. The molecule has 0 aliphatic carbocycles. The molecule has 2 N–H and O–H groups in total. The van der Waals surface area contributed by atoms with Gasteiger partial charge in [0.05, 0.1) is 6.20 Å². The Labute approximate surface area is 102 Å². The van der Waals surface area contributed by atoms with E-state index < -0.39 is 0 Å². The SMILES string of the molecule is Cc1cccc(C)c1C(N)Cc1cnn(C)c1. The molecular weight excluding hydrogens is 210 g/mol. The van der Waals surface area contributed by atoms with Crippen molar-refractivity contribution in [3.8, 4) is 0 Å². The van der Waals surface area contributed by atoms with Gasteiger partial charge in [-0.25, -0.2) is 0 Å². The highest BCUT2D eigenvalue weighted by atomic mass is 15.2. The van der Waals surface area contributed by atoms with Crippen LogP contribution in [-0.4, -0.2) is 9.78 Å². The Kier molecular flexibility index (Phi) is 3.29. The Morgan fingerprint density at radius 2 is 1.94 bits per heavy atom. The fraction of sp³-hybridized carbons (Fsp3) is 0.357. The van der Waals surface area contributed by atoms with Crippen molar-refractivity contribution in [1.29, 1.82) is 0 Å². The Hall–Kier alpha value is -1.61. The molecule has 3 heteroatoms. The van der Waals surface area contributed by atoms with Crippen molar-refractivity contribution in [1.82, 2.24) is 9.78 Å². The molecule has 1 aromatic carbocycles. The third kappa shape index (κ3) is 2.56. The van der Waals surface area contributed by atoms with E-state index in [0.717, 1.165) is 6.42 Å². The monoisotopic (exact) mass is 229 g/mol. The predicted molar refractivity (Wildman–Crippen MR) is 69.8 cm³/mol. The molecule has 90 valence electrons. The van der Waals surface area contributed by atoms with Gasteiger partial charge in [0, 0.05) is 19.3 Å². The molecule has 0 bridgehead atoms. The van der Waals surface area contributed by atoms with Gasteiger partial charge < -0.3 is 5.73 Å². The van der Waals surface area contributed by atoms with E-state index in [4.69, 9.17) is 5.73 Å². The third-order valence-electron chi connectivity index (χ3n) is 3.13. The fourth-order valence-corrected chi connectivity index (χ4v) is 2.35. The highest BCUT2D eigenvalue weighted by molar-refractivity contribution is 5.36. The zero-order chi connectivity index (χ0) is 12.4. The molecule has 0 aliphatic heterocycles. The van der Waals surface area contributed by atoms with Crippen molar-refractivity contribution in [2.24, 2.45) is 12.8 Å².